The summed E-state index contributed by atoms with van der Waals surface area (Å²) in [5.74, 6) is 0.443. The van der Waals surface area contributed by atoms with E-state index in [0.29, 0.717) is 11.6 Å². The lowest BCUT2D eigenvalue weighted by Crippen LogP contribution is -1.83. The van der Waals surface area contributed by atoms with Crippen molar-refractivity contribution in [1.29, 1.82) is 0 Å². The molecule has 0 aliphatic rings. The van der Waals surface area contributed by atoms with Gasteiger partial charge in [0.15, 0.2) is 5.69 Å². The van der Waals surface area contributed by atoms with Crippen LogP contribution in [0.15, 0.2) is 29.3 Å². The molecule has 2 rings (SSSR count). The number of hydrogen-bond donors (Lipinski definition) is 0. The number of oxazole rings is 1. The molecule has 0 spiro atoms. The van der Waals surface area contributed by atoms with E-state index in [1.54, 1.807) is 18.6 Å². The third-order valence-electron chi connectivity index (χ3n) is 1.15. The Balaban J connectivity index is 2.46. The average molecular weight is 146 g/mol. The lowest BCUT2D eigenvalue weighted by Gasteiger charge is -1.88. The summed E-state index contributed by atoms with van der Waals surface area (Å²) in [4.78, 5) is 11.6. The largest absolute Gasteiger partial charge is 0.443 e. The van der Waals surface area contributed by atoms with Gasteiger partial charge in [-0.3, -0.25) is 4.98 Å². The molecule has 0 saturated carbocycles. The normalized spacial score (nSPS) is 9.82. The van der Waals surface area contributed by atoms with Crippen molar-refractivity contribution in [2.75, 3.05) is 0 Å². The van der Waals surface area contributed by atoms with Crippen LogP contribution in [0.25, 0.3) is 11.6 Å². The zero-order valence-electron chi connectivity index (χ0n) is 5.56. The Bertz CT molecular complexity index is 317. The predicted octanol–water partition coefficient (Wildman–Crippen LogP) is 0.932. The van der Waals surface area contributed by atoms with Gasteiger partial charge in [0.2, 0.25) is 5.89 Å². The topological polar surface area (TPSA) is 51.8 Å². The first-order valence-electron chi connectivity index (χ1n) is 3.05. The van der Waals surface area contributed by atoms with Crippen LogP contribution in [0.3, 0.4) is 0 Å². The van der Waals surface area contributed by atoms with Crippen LogP contribution in [0.1, 0.15) is 0 Å². The van der Waals surface area contributed by atoms with Crippen molar-refractivity contribution in [3.8, 4) is 11.6 Å². The summed E-state index contributed by atoms with van der Waals surface area (Å²) in [5, 5.41) is 0. The molecule has 1 radical (unpaired) electrons. The van der Waals surface area contributed by atoms with Gasteiger partial charge >= 0.3 is 0 Å². The van der Waals surface area contributed by atoms with Crippen molar-refractivity contribution in [1.82, 2.24) is 15.0 Å². The standard InChI is InChI=1S/C7H4N3O/c1-2-9-6(5-8-1)7-10-3-4-11-7/h1-4H. The molecule has 0 aliphatic heterocycles. The zero-order chi connectivity index (χ0) is 7.52. The molecule has 0 atom stereocenters. The maximum absolute atomic E-state index is 4.97. The van der Waals surface area contributed by atoms with Crippen molar-refractivity contribution >= 4 is 0 Å². The quantitative estimate of drug-likeness (QED) is 0.600. The molecule has 0 aromatic carbocycles. The lowest BCUT2D eigenvalue weighted by atomic mass is 10.4. The Morgan fingerprint density at radius 2 is 2.18 bits per heavy atom. The second-order valence-electron chi connectivity index (χ2n) is 1.85. The Hall–Kier alpha value is -1.71. The third kappa shape index (κ3) is 1.10. The van der Waals surface area contributed by atoms with Gasteiger partial charge in [-0.25, -0.2) is 9.97 Å². The molecule has 0 N–H and O–H groups in total. The van der Waals surface area contributed by atoms with Crippen molar-refractivity contribution in [2.24, 2.45) is 0 Å². The van der Waals surface area contributed by atoms with Gasteiger partial charge in [0, 0.05) is 12.4 Å². The van der Waals surface area contributed by atoms with Crippen LogP contribution in [0.4, 0.5) is 0 Å². The van der Waals surface area contributed by atoms with Crippen LogP contribution in [-0.2, 0) is 0 Å². The minimum atomic E-state index is 0.443. The summed E-state index contributed by atoms with van der Waals surface area (Å²) in [5.41, 5.74) is 0.525. The van der Waals surface area contributed by atoms with Gasteiger partial charge in [0.25, 0.3) is 0 Å². The van der Waals surface area contributed by atoms with E-state index in [0.717, 1.165) is 0 Å². The van der Waals surface area contributed by atoms with E-state index >= 15 is 0 Å². The molecule has 11 heavy (non-hydrogen) atoms. The second-order valence-corrected chi connectivity index (χ2v) is 1.85. The maximum atomic E-state index is 4.97. The van der Waals surface area contributed by atoms with Gasteiger partial charge in [0.05, 0.1) is 6.20 Å². The van der Waals surface area contributed by atoms with E-state index in [9.17, 15) is 0 Å². The molecule has 2 heterocycles. The monoisotopic (exact) mass is 146 g/mol. The van der Waals surface area contributed by atoms with Crippen LogP contribution in [-0.4, -0.2) is 15.0 Å². The fourth-order valence-electron chi connectivity index (χ4n) is 0.712. The van der Waals surface area contributed by atoms with Gasteiger partial charge in [0.1, 0.15) is 12.5 Å². The van der Waals surface area contributed by atoms with E-state index in [-0.39, 0.29) is 0 Å². The highest BCUT2D eigenvalue weighted by molar-refractivity contribution is 5.42. The molecule has 0 fully saturated rings. The fraction of sp³-hybridized carbons (Fsp3) is 0. The molecule has 2 aromatic rings. The van der Waals surface area contributed by atoms with E-state index in [2.05, 4.69) is 21.1 Å². The van der Waals surface area contributed by atoms with Crippen LogP contribution < -0.4 is 0 Å². The van der Waals surface area contributed by atoms with Gasteiger partial charge in [-0.1, -0.05) is 0 Å². The molecule has 0 saturated heterocycles. The molecule has 4 heteroatoms. The highest BCUT2D eigenvalue weighted by Crippen LogP contribution is 2.09. The number of nitrogens with zero attached hydrogens (tertiary/aromatic N) is 3. The van der Waals surface area contributed by atoms with Crippen LogP contribution in [0, 0.1) is 6.20 Å². The van der Waals surface area contributed by atoms with E-state index < -0.39 is 0 Å². The first-order valence-corrected chi connectivity index (χ1v) is 3.05. The Labute approximate surface area is 62.9 Å². The number of rotatable bonds is 1. The molecule has 4 nitrogen and oxygen atoms in total. The van der Waals surface area contributed by atoms with Crippen molar-refractivity contribution in [3.05, 3.63) is 31.1 Å². The Morgan fingerprint density at radius 3 is 2.82 bits per heavy atom. The molecular formula is C7H4N3O. The second kappa shape index (κ2) is 2.49. The van der Waals surface area contributed by atoms with Crippen LogP contribution in [0.2, 0.25) is 0 Å². The summed E-state index contributed by atoms with van der Waals surface area (Å²) in [6, 6.07) is 0. The number of aromatic nitrogens is 3. The third-order valence-corrected chi connectivity index (χ3v) is 1.15. The molecule has 0 aliphatic carbocycles. The van der Waals surface area contributed by atoms with Gasteiger partial charge in [-0.15, -0.1) is 0 Å². The minimum Gasteiger partial charge on any atom is -0.443 e. The molecule has 0 amide bonds. The first-order chi connectivity index (χ1) is 5.47. The SMILES string of the molecule is [c]1nccnc1-c1ncco1. The van der Waals surface area contributed by atoms with Gasteiger partial charge < -0.3 is 4.42 Å². The smallest absolute Gasteiger partial charge is 0.247 e. The van der Waals surface area contributed by atoms with Crippen LogP contribution >= 0.6 is 0 Å². The Kier molecular flexibility index (Phi) is 1.37. The maximum Gasteiger partial charge on any atom is 0.247 e. The van der Waals surface area contributed by atoms with E-state index in [4.69, 9.17) is 4.42 Å². The van der Waals surface area contributed by atoms with E-state index in [1.165, 1.54) is 6.26 Å². The van der Waals surface area contributed by atoms with Crippen LogP contribution in [0.5, 0.6) is 0 Å². The van der Waals surface area contributed by atoms with Crippen molar-refractivity contribution in [3.63, 3.8) is 0 Å². The predicted molar refractivity (Wildman–Crippen MR) is 36.4 cm³/mol. The van der Waals surface area contributed by atoms with Crippen molar-refractivity contribution in [2.45, 2.75) is 0 Å². The number of hydrogen-bond acceptors (Lipinski definition) is 4. The average Bonchev–Trinajstić information content (AvgIpc) is 2.58. The fourth-order valence-corrected chi connectivity index (χ4v) is 0.712. The lowest BCUT2D eigenvalue weighted by molar-refractivity contribution is 0.571. The molecule has 2 aromatic heterocycles. The summed E-state index contributed by atoms with van der Waals surface area (Å²) in [7, 11) is 0. The highest BCUT2D eigenvalue weighted by Gasteiger charge is 2.01. The molecule has 0 unspecified atom stereocenters. The van der Waals surface area contributed by atoms with E-state index in [1.807, 2.05) is 0 Å². The summed E-state index contributed by atoms with van der Waals surface area (Å²) >= 11 is 0. The highest BCUT2D eigenvalue weighted by atomic mass is 16.3. The summed E-state index contributed by atoms with van der Waals surface area (Å²) in [6.07, 6.45) is 8.80. The van der Waals surface area contributed by atoms with Crippen molar-refractivity contribution < 1.29 is 4.42 Å². The molecular weight excluding hydrogens is 142 g/mol. The molecule has 53 valence electrons. The first kappa shape index (κ1) is 6.03. The van der Waals surface area contributed by atoms with Gasteiger partial charge in [-0.05, 0) is 0 Å². The van der Waals surface area contributed by atoms with Gasteiger partial charge in [-0.2, -0.15) is 0 Å². The molecule has 0 bridgehead atoms. The minimum absolute atomic E-state index is 0.443. The Morgan fingerprint density at radius 1 is 1.18 bits per heavy atom. The zero-order valence-corrected chi connectivity index (χ0v) is 5.56. The summed E-state index contributed by atoms with van der Waals surface area (Å²) < 4.78 is 4.97. The summed E-state index contributed by atoms with van der Waals surface area (Å²) in [6.45, 7) is 0.